The Balaban J connectivity index is 1.87. The van der Waals surface area contributed by atoms with E-state index in [4.69, 9.17) is 0 Å². The van der Waals surface area contributed by atoms with Crippen molar-refractivity contribution in [2.45, 2.75) is 65.5 Å². The van der Waals surface area contributed by atoms with Gasteiger partial charge < -0.3 is 10.4 Å². The van der Waals surface area contributed by atoms with E-state index >= 15 is 0 Å². The Bertz CT molecular complexity index is 294. The molecule has 0 aromatic heterocycles. The first-order valence-corrected chi connectivity index (χ1v) is 8.45. The molecule has 1 aliphatic heterocycles. The third-order valence-corrected chi connectivity index (χ3v) is 4.89. The summed E-state index contributed by atoms with van der Waals surface area (Å²) < 4.78 is 0. The van der Waals surface area contributed by atoms with Gasteiger partial charge in [-0.2, -0.15) is 0 Å². The number of rotatable bonds is 5. The molecule has 2 atom stereocenters. The lowest BCUT2D eigenvalue weighted by Crippen LogP contribution is -2.56. The summed E-state index contributed by atoms with van der Waals surface area (Å²) in [5.74, 6) is 1.58. The Labute approximate surface area is 125 Å². The molecule has 3 nitrogen and oxygen atoms in total. The molecule has 1 saturated carbocycles. The van der Waals surface area contributed by atoms with E-state index in [1.165, 1.54) is 32.4 Å². The summed E-state index contributed by atoms with van der Waals surface area (Å²) in [6, 6.07) is 1.42. The van der Waals surface area contributed by atoms with Crippen LogP contribution in [0.15, 0.2) is 0 Å². The molecule has 0 aromatic rings. The highest BCUT2D eigenvalue weighted by Crippen LogP contribution is 2.34. The van der Waals surface area contributed by atoms with Gasteiger partial charge in [0.2, 0.25) is 0 Å². The van der Waals surface area contributed by atoms with Crippen molar-refractivity contribution in [3.63, 3.8) is 0 Å². The van der Waals surface area contributed by atoms with Gasteiger partial charge in [0.15, 0.2) is 0 Å². The van der Waals surface area contributed by atoms with Gasteiger partial charge in [0, 0.05) is 38.3 Å². The van der Waals surface area contributed by atoms with E-state index in [0.29, 0.717) is 24.0 Å². The minimum Gasteiger partial charge on any atom is -0.396 e. The number of nitrogens with zero attached hydrogens (tertiary/aromatic N) is 1. The highest BCUT2D eigenvalue weighted by molar-refractivity contribution is 4.92. The lowest BCUT2D eigenvalue weighted by atomic mass is 9.78. The molecular formula is C17H34N2O. The number of aliphatic hydroxyl groups excluding tert-OH is 1. The van der Waals surface area contributed by atoms with Crippen molar-refractivity contribution in [3.05, 3.63) is 0 Å². The zero-order valence-corrected chi connectivity index (χ0v) is 13.9. The van der Waals surface area contributed by atoms with Crippen molar-refractivity contribution in [1.82, 2.24) is 10.2 Å². The minimum absolute atomic E-state index is 0.339. The Morgan fingerprint density at radius 1 is 1.15 bits per heavy atom. The minimum atomic E-state index is 0.339. The molecule has 1 saturated heterocycles. The Hall–Kier alpha value is -0.120. The summed E-state index contributed by atoms with van der Waals surface area (Å²) in [5, 5.41) is 13.0. The molecule has 0 radical (unpaired) electrons. The SMILES string of the molecule is CC1CC(N2CC(CCO)CC(NCC(C)(C)C)C2)C1. The van der Waals surface area contributed by atoms with Gasteiger partial charge in [0.25, 0.3) is 0 Å². The Kier molecular flexibility index (Phi) is 5.49. The number of piperidine rings is 1. The van der Waals surface area contributed by atoms with E-state index in [1.807, 2.05) is 0 Å². The second-order valence-electron chi connectivity index (χ2n) is 8.44. The van der Waals surface area contributed by atoms with Gasteiger partial charge in [0.1, 0.15) is 0 Å². The van der Waals surface area contributed by atoms with Crippen LogP contribution in [0.2, 0.25) is 0 Å². The molecule has 2 rings (SSSR count). The Morgan fingerprint density at radius 3 is 2.40 bits per heavy atom. The van der Waals surface area contributed by atoms with E-state index in [0.717, 1.165) is 24.9 Å². The molecule has 20 heavy (non-hydrogen) atoms. The normalized spacial score (nSPS) is 35.9. The van der Waals surface area contributed by atoms with Gasteiger partial charge in [-0.05, 0) is 42.9 Å². The number of likely N-dealkylation sites (tertiary alicyclic amines) is 1. The predicted molar refractivity (Wildman–Crippen MR) is 84.8 cm³/mol. The van der Waals surface area contributed by atoms with E-state index < -0.39 is 0 Å². The van der Waals surface area contributed by atoms with Crippen molar-refractivity contribution in [2.75, 3.05) is 26.2 Å². The van der Waals surface area contributed by atoms with Crippen LogP contribution < -0.4 is 5.32 Å². The Morgan fingerprint density at radius 2 is 1.85 bits per heavy atom. The highest BCUT2D eigenvalue weighted by atomic mass is 16.3. The third-order valence-electron chi connectivity index (χ3n) is 4.89. The van der Waals surface area contributed by atoms with Crippen LogP contribution in [0.4, 0.5) is 0 Å². The van der Waals surface area contributed by atoms with Crippen LogP contribution in [-0.4, -0.2) is 48.3 Å². The first-order chi connectivity index (χ1) is 9.37. The molecule has 0 amide bonds. The van der Waals surface area contributed by atoms with Crippen LogP contribution in [0, 0.1) is 17.3 Å². The standard InChI is InChI=1S/C17H34N2O/c1-13-7-16(8-13)19-10-14(5-6-20)9-15(11-19)18-12-17(2,3)4/h13-16,18,20H,5-12H2,1-4H3. The first-order valence-electron chi connectivity index (χ1n) is 8.45. The van der Waals surface area contributed by atoms with Crippen LogP contribution in [0.3, 0.4) is 0 Å². The maximum absolute atomic E-state index is 9.26. The zero-order valence-electron chi connectivity index (χ0n) is 13.9. The topological polar surface area (TPSA) is 35.5 Å². The van der Waals surface area contributed by atoms with Crippen molar-refractivity contribution in [1.29, 1.82) is 0 Å². The van der Waals surface area contributed by atoms with Crippen molar-refractivity contribution in [2.24, 2.45) is 17.3 Å². The summed E-state index contributed by atoms with van der Waals surface area (Å²) in [6.07, 6.45) is 4.94. The average molecular weight is 282 g/mol. The van der Waals surface area contributed by atoms with E-state index in [-0.39, 0.29) is 0 Å². The molecule has 1 aliphatic carbocycles. The van der Waals surface area contributed by atoms with Gasteiger partial charge in [-0.15, -0.1) is 0 Å². The second kappa shape index (κ2) is 6.76. The van der Waals surface area contributed by atoms with Crippen LogP contribution in [-0.2, 0) is 0 Å². The average Bonchev–Trinajstić information content (AvgIpc) is 2.32. The van der Waals surface area contributed by atoms with Crippen LogP contribution in [0.1, 0.15) is 53.4 Å². The van der Waals surface area contributed by atoms with E-state index in [2.05, 4.69) is 37.9 Å². The molecule has 1 heterocycles. The number of hydrogen-bond acceptors (Lipinski definition) is 3. The van der Waals surface area contributed by atoms with Crippen molar-refractivity contribution < 1.29 is 5.11 Å². The monoisotopic (exact) mass is 282 g/mol. The first kappa shape index (κ1) is 16.3. The maximum atomic E-state index is 9.26. The molecule has 118 valence electrons. The second-order valence-corrected chi connectivity index (χ2v) is 8.44. The van der Waals surface area contributed by atoms with Crippen molar-refractivity contribution in [3.8, 4) is 0 Å². The van der Waals surface area contributed by atoms with Gasteiger partial charge in [0.05, 0.1) is 0 Å². The fourth-order valence-electron chi connectivity index (χ4n) is 3.69. The number of hydrogen-bond donors (Lipinski definition) is 2. The highest BCUT2D eigenvalue weighted by Gasteiger charge is 2.36. The van der Waals surface area contributed by atoms with Gasteiger partial charge in [-0.1, -0.05) is 27.7 Å². The molecule has 0 bridgehead atoms. The van der Waals surface area contributed by atoms with E-state index in [9.17, 15) is 5.11 Å². The summed E-state index contributed by atoms with van der Waals surface area (Å²) in [5.41, 5.74) is 0.347. The van der Waals surface area contributed by atoms with Gasteiger partial charge in [-0.3, -0.25) is 4.90 Å². The van der Waals surface area contributed by atoms with Gasteiger partial charge >= 0.3 is 0 Å². The number of nitrogens with one attached hydrogen (secondary N) is 1. The van der Waals surface area contributed by atoms with Gasteiger partial charge in [-0.25, -0.2) is 0 Å². The fourth-order valence-corrected chi connectivity index (χ4v) is 3.69. The molecule has 2 fully saturated rings. The summed E-state index contributed by atoms with van der Waals surface area (Å²) >= 11 is 0. The largest absolute Gasteiger partial charge is 0.396 e. The zero-order chi connectivity index (χ0) is 14.8. The molecule has 2 N–H and O–H groups in total. The van der Waals surface area contributed by atoms with E-state index in [1.54, 1.807) is 0 Å². The molecule has 0 aromatic carbocycles. The fraction of sp³-hybridized carbons (Fsp3) is 1.00. The molecular weight excluding hydrogens is 248 g/mol. The smallest absolute Gasteiger partial charge is 0.0434 e. The maximum Gasteiger partial charge on any atom is 0.0434 e. The summed E-state index contributed by atoms with van der Waals surface area (Å²) in [7, 11) is 0. The van der Waals surface area contributed by atoms with Crippen LogP contribution >= 0.6 is 0 Å². The lowest BCUT2D eigenvalue weighted by molar-refractivity contribution is 0.0268. The third kappa shape index (κ3) is 4.71. The van der Waals surface area contributed by atoms with Crippen LogP contribution in [0.5, 0.6) is 0 Å². The number of aliphatic hydroxyl groups is 1. The lowest BCUT2D eigenvalue weighted by Gasteiger charge is -2.48. The molecule has 2 unspecified atom stereocenters. The molecule has 3 heteroatoms. The predicted octanol–water partition coefficient (Wildman–Crippen LogP) is 2.49. The molecule has 0 spiro atoms. The van der Waals surface area contributed by atoms with Crippen molar-refractivity contribution >= 4 is 0 Å². The van der Waals surface area contributed by atoms with Crippen LogP contribution in [0.25, 0.3) is 0 Å². The molecule has 2 aliphatic rings. The summed E-state index contributed by atoms with van der Waals surface area (Å²) in [6.45, 7) is 13.1. The quantitative estimate of drug-likeness (QED) is 0.813. The summed E-state index contributed by atoms with van der Waals surface area (Å²) in [4.78, 5) is 2.70.